The van der Waals surface area contributed by atoms with E-state index in [4.69, 9.17) is 26.0 Å². The lowest BCUT2D eigenvalue weighted by molar-refractivity contribution is 0.106. The molecule has 5 nitrogen and oxygen atoms in total. The first-order valence-electron chi connectivity index (χ1n) is 5.17. The maximum Gasteiger partial charge on any atom is 0.142 e. The van der Waals surface area contributed by atoms with Crippen LogP contribution in [0.15, 0.2) is 18.2 Å². The van der Waals surface area contributed by atoms with Gasteiger partial charge in [-0.15, -0.1) is 0 Å². The van der Waals surface area contributed by atoms with Gasteiger partial charge in [0.05, 0.1) is 25.5 Å². The highest BCUT2D eigenvalue weighted by atomic mass is 16.5. The maximum atomic E-state index is 8.96. The van der Waals surface area contributed by atoms with E-state index in [0.29, 0.717) is 37.8 Å². The molecule has 0 spiro atoms. The molecule has 0 atom stereocenters. The number of hydrogen-bond acceptors (Lipinski definition) is 5. The van der Waals surface area contributed by atoms with Gasteiger partial charge in [0.25, 0.3) is 0 Å². The summed E-state index contributed by atoms with van der Waals surface area (Å²) in [5.41, 5.74) is 12.3. The number of nitrogen functional groups attached to an aromatic ring is 1. The standard InChI is InChI=1S/C11H18N2O3/c12-3-4-15-5-6-16-11-7-9(8-14)1-2-10(11)13/h1-2,7,14H,3-6,8,12-13H2. The average Bonchev–Trinajstić information content (AvgIpc) is 2.31. The summed E-state index contributed by atoms with van der Waals surface area (Å²) in [5.74, 6) is 0.572. The summed E-state index contributed by atoms with van der Waals surface area (Å²) in [6.07, 6.45) is 0. The first-order chi connectivity index (χ1) is 7.77. The van der Waals surface area contributed by atoms with Crippen molar-refractivity contribution in [2.75, 3.05) is 32.1 Å². The maximum absolute atomic E-state index is 8.96. The highest BCUT2D eigenvalue weighted by Gasteiger charge is 2.01. The van der Waals surface area contributed by atoms with Crippen molar-refractivity contribution in [1.82, 2.24) is 0 Å². The molecule has 0 aliphatic rings. The summed E-state index contributed by atoms with van der Waals surface area (Å²) in [6, 6.07) is 5.19. The number of hydrogen-bond donors (Lipinski definition) is 3. The Labute approximate surface area is 95.0 Å². The Morgan fingerprint density at radius 2 is 2.00 bits per heavy atom. The van der Waals surface area contributed by atoms with Crippen LogP contribution in [0.2, 0.25) is 0 Å². The van der Waals surface area contributed by atoms with E-state index in [1.165, 1.54) is 0 Å². The third kappa shape index (κ3) is 4.06. The van der Waals surface area contributed by atoms with Crippen LogP contribution >= 0.6 is 0 Å². The predicted octanol–water partition coefficient (Wildman–Crippen LogP) is 0.115. The van der Waals surface area contributed by atoms with Crippen molar-refractivity contribution in [2.45, 2.75) is 6.61 Å². The second-order valence-electron chi connectivity index (χ2n) is 3.28. The van der Waals surface area contributed by atoms with E-state index < -0.39 is 0 Å². The Kier molecular flexibility index (Phi) is 5.63. The van der Waals surface area contributed by atoms with Crippen molar-refractivity contribution >= 4 is 5.69 Å². The number of nitrogens with two attached hydrogens (primary N) is 2. The van der Waals surface area contributed by atoms with E-state index in [2.05, 4.69) is 0 Å². The molecule has 0 fully saturated rings. The van der Waals surface area contributed by atoms with Gasteiger partial charge in [-0.25, -0.2) is 0 Å². The smallest absolute Gasteiger partial charge is 0.142 e. The second kappa shape index (κ2) is 7.05. The summed E-state index contributed by atoms with van der Waals surface area (Å²) in [5, 5.41) is 8.96. The van der Waals surface area contributed by atoms with Crippen LogP contribution in [0, 0.1) is 0 Å². The van der Waals surface area contributed by atoms with Gasteiger partial charge in [0.2, 0.25) is 0 Å². The molecule has 0 heterocycles. The molecule has 0 saturated carbocycles. The van der Waals surface area contributed by atoms with Crippen LogP contribution in [0.3, 0.4) is 0 Å². The van der Waals surface area contributed by atoms with Crippen LogP contribution < -0.4 is 16.2 Å². The van der Waals surface area contributed by atoms with Crippen LogP contribution in [0.25, 0.3) is 0 Å². The van der Waals surface area contributed by atoms with Gasteiger partial charge in [-0.2, -0.15) is 0 Å². The van der Waals surface area contributed by atoms with Gasteiger partial charge in [0.15, 0.2) is 0 Å². The molecule has 1 rings (SSSR count). The van der Waals surface area contributed by atoms with Gasteiger partial charge in [-0.1, -0.05) is 6.07 Å². The van der Waals surface area contributed by atoms with Crippen LogP contribution in [-0.2, 0) is 11.3 Å². The Bertz CT molecular complexity index is 318. The Morgan fingerprint density at radius 1 is 1.19 bits per heavy atom. The van der Waals surface area contributed by atoms with Gasteiger partial charge in [0.1, 0.15) is 12.4 Å². The zero-order valence-electron chi connectivity index (χ0n) is 9.19. The highest BCUT2D eigenvalue weighted by Crippen LogP contribution is 2.22. The van der Waals surface area contributed by atoms with Gasteiger partial charge in [-0.3, -0.25) is 0 Å². The zero-order chi connectivity index (χ0) is 11.8. The van der Waals surface area contributed by atoms with E-state index in [0.717, 1.165) is 5.56 Å². The Morgan fingerprint density at radius 3 is 2.69 bits per heavy atom. The lowest BCUT2D eigenvalue weighted by Gasteiger charge is -2.10. The van der Waals surface area contributed by atoms with Crippen molar-refractivity contribution in [3.63, 3.8) is 0 Å². The predicted molar refractivity (Wildman–Crippen MR) is 62.1 cm³/mol. The fourth-order valence-electron chi connectivity index (χ4n) is 1.20. The SMILES string of the molecule is NCCOCCOc1cc(CO)ccc1N. The number of rotatable bonds is 7. The van der Waals surface area contributed by atoms with Crippen molar-refractivity contribution in [2.24, 2.45) is 5.73 Å². The summed E-state index contributed by atoms with van der Waals surface area (Å²) in [7, 11) is 0. The van der Waals surface area contributed by atoms with Gasteiger partial charge in [0, 0.05) is 6.54 Å². The molecule has 1 aromatic rings. The van der Waals surface area contributed by atoms with Gasteiger partial charge in [-0.05, 0) is 17.7 Å². The molecular formula is C11H18N2O3. The normalized spacial score (nSPS) is 10.4. The van der Waals surface area contributed by atoms with Gasteiger partial charge < -0.3 is 26.0 Å². The third-order valence-electron chi connectivity index (χ3n) is 2.01. The topological polar surface area (TPSA) is 90.7 Å². The number of anilines is 1. The van der Waals surface area contributed by atoms with Crippen molar-refractivity contribution < 1.29 is 14.6 Å². The molecule has 0 bridgehead atoms. The summed E-state index contributed by atoms with van der Waals surface area (Å²) < 4.78 is 10.6. The molecule has 0 unspecified atom stereocenters. The summed E-state index contributed by atoms with van der Waals surface area (Å²) in [4.78, 5) is 0. The number of benzene rings is 1. The van der Waals surface area contributed by atoms with Crippen LogP contribution in [0.4, 0.5) is 5.69 Å². The molecule has 0 aliphatic carbocycles. The van der Waals surface area contributed by atoms with Crippen LogP contribution in [-0.4, -0.2) is 31.5 Å². The van der Waals surface area contributed by atoms with Crippen molar-refractivity contribution in [3.05, 3.63) is 23.8 Å². The molecule has 0 aromatic heterocycles. The quantitative estimate of drug-likeness (QED) is 0.453. The summed E-state index contributed by atoms with van der Waals surface area (Å²) in [6.45, 7) is 1.89. The Balaban J connectivity index is 2.40. The molecular weight excluding hydrogens is 208 g/mol. The highest BCUT2D eigenvalue weighted by molar-refractivity contribution is 5.53. The molecule has 1 aromatic carbocycles. The molecule has 16 heavy (non-hydrogen) atoms. The minimum absolute atomic E-state index is 0.0275. The molecule has 0 aliphatic heterocycles. The number of aliphatic hydroxyl groups is 1. The van der Waals surface area contributed by atoms with Crippen LogP contribution in [0.1, 0.15) is 5.56 Å². The zero-order valence-corrected chi connectivity index (χ0v) is 9.19. The first kappa shape index (κ1) is 12.8. The molecule has 5 heteroatoms. The van der Waals surface area contributed by atoms with Crippen molar-refractivity contribution in [1.29, 1.82) is 0 Å². The molecule has 5 N–H and O–H groups in total. The second-order valence-corrected chi connectivity index (χ2v) is 3.28. The number of ether oxygens (including phenoxy) is 2. The van der Waals surface area contributed by atoms with Crippen molar-refractivity contribution in [3.8, 4) is 5.75 Å². The minimum atomic E-state index is -0.0275. The molecule has 0 saturated heterocycles. The van der Waals surface area contributed by atoms with E-state index in [9.17, 15) is 0 Å². The van der Waals surface area contributed by atoms with E-state index in [1.807, 2.05) is 0 Å². The van der Waals surface area contributed by atoms with Gasteiger partial charge >= 0.3 is 0 Å². The molecule has 0 amide bonds. The minimum Gasteiger partial charge on any atom is -0.489 e. The first-order valence-corrected chi connectivity index (χ1v) is 5.17. The largest absolute Gasteiger partial charge is 0.489 e. The fourth-order valence-corrected chi connectivity index (χ4v) is 1.20. The summed E-state index contributed by atoms with van der Waals surface area (Å²) >= 11 is 0. The fraction of sp³-hybridized carbons (Fsp3) is 0.455. The number of aliphatic hydroxyl groups excluding tert-OH is 1. The lowest BCUT2D eigenvalue weighted by atomic mass is 10.2. The van der Waals surface area contributed by atoms with Crippen LogP contribution in [0.5, 0.6) is 5.75 Å². The molecule has 0 radical (unpaired) electrons. The lowest BCUT2D eigenvalue weighted by Crippen LogP contribution is -2.13. The molecule has 90 valence electrons. The monoisotopic (exact) mass is 226 g/mol. The Hall–Kier alpha value is -1.30. The van der Waals surface area contributed by atoms with E-state index in [1.54, 1.807) is 18.2 Å². The average molecular weight is 226 g/mol. The van der Waals surface area contributed by atoms with E-state index in [-0.39, 0.29) is 6.61 Å². The third-order valence-corrected chi connectivity index (χ3v) is 2.01. The van der Waals surface area contributed by atoms with E-state index >= 15 is 0 Å².